The van der Waals surface area contributed by atoms with Crippen LogP contribution < -0.4 is 10.2 Å². The van der Waals surface area contributed by atoms with Gasteiger partial charge >= 0.3 is 0 Å². The number of anilines is 2. The molecule has 1 N–H and O–H groups in total. The molecule has 3 heterocycles. The first-order valence-corrected chi connectivity index (χ1v) is 11.5. The molecule has 1 aliphatic carbocycles. The third-order valence-corrected chi connectivity index (χ3v) is 6.99. The van der Waals surface area contributed by atoms with Crippen LogP contribution in [0.2, 0.25) is 0 Å². The fraction of sp³-hybridized carbons (Fsp3) is 0.391. The van der Waals surface area contributed by atoms with Gasteiger partial charge < -0.3 is 10.2 Å². The molecule has 0 spiro atoms. The summed E-state index contributed by atoms with van der Waals surface area (Å²) in [5, 5.41) is 3.85. The summed E-state index contributed by atoms with van der Waals surface area (Å²) in [5.41, 5.74) is 3.15. The van der Waals surface area contributed by atoms with E-state index >= 15 is 0 Å². The Morgan fingerprint density at radius 2 is 1.97 bits per heavy atom. The Kier molecular flexibility index (Phi) is 5.45. The highest BCUT2D eigenvalue weighted by Crippen LogP contribution is 2.31. The van der Waals surface area contributed by atoms with Crippen molar-refractivity contribution in [2.24, 2.45) is 5.92 Å². The summed E-state index contributed by atoms with van der Waals surface area (Å²) >= 11 is 1.65. The van der Waals surface area contributed by atoms with Crippen LogP contribution in [0.15, 0.2) is 42.7 Å². The van der Waals surface area contributed by atoms with Crippen LogP contribution in [0, 0.1) is 5.92 Å². The Hall–Kier alpha value is -2.80. The second kappa shape index (κ2) is 8.52. The monoisotopic (exact) mass is 419 g/mol. The van der Waals surface area contributed by atoms with Crippen molar-refractivity contribution < 1.29 is 4.79 Å². The predicted octanol–water partition coefficient (Wildman–Crippen LogP) is 4.33. The van der Waals surface area contributed by atoms with Gasteiger partial charge in [-0.25, -0.2) is 15.0 Å². The maximum Gasteiger partial charge on any atom is 0.231 e. The highest BCUT2D eigenvalue weighted by Gasteiger charge is 2.28. The first kappa shape index (κ1) is 19.2. The molecule has 1 aliphatic heterocycles. The van der Waals surface area contributed by atoms with Crippen LogP contribution in [0.5, 0.6) is 0 Å². The average Bonchev–Trinajstić information content (AvgIpc) is 3.22. The lowest BCUT2D eigenvalue weighted by molar-refractivity contribution is -0.120. The SMILES string of the molecule is O=C(Nc1nc2c(s1)CCCC2)C1CCCN(c2cc(-c3ccccc3)ncn2)C1. The largest absolute Gasteiger partial charge is 0.356 e. The van der Waals surface area contributed by atoms with Crippen LogP contribution in [0.25, 0.3) is 11.3 Å². The Labute approximate surface area is 180 Å². The summed E-state index contributed by atoms with van der Waals surface area (Å²) in [6.45, 7) is 1.57. The van der Waals surface area contributed by atoms with Gasteiger partial charge in [0.1, 0.15) is 12.1 Å². The number of piperidine rings is 1. The molecule has 0 saturated carbocycles. The van der Waals surface area contributed by atoms with Crippen molar-refractivity contribution in [3.63, 3.8) is 0 Å². The molecule has 2 aliphatic rings. The number of benzene rings is 1. The zero-order valence-corrected chi connectivity index (χ0v) is 17.7. The molecule has 1 aromatic carbocycles. The van der Waals surface area contributed by atoms with Crippen molar-refractivity contribution in [2.75, 3.05) is 23.3 Å². The fourth-order valence-corrected chi connectivity index (χ4v) is 5.35. The van der Waals surface area contributed by atoms with E-state index in [1.54, 1.807) is 17.7 Å². The van der Waals surface area contributed by atoms with Crippen LogP contribution in [0.4, 0.5) is 10.9 Å². The van der Waals surface area contributed by atoms with E-state index < -0.39 is 0 Å². The Bertz CT molecular complexity index is 1010. The van der Waals surface area contributed by atoms with Crippen molar-refractivity contribution >= 4 is 28.2 Å². The molecule has 1 fully saturated rings. The Balaban J connectivity index is 1.28. The zero-order valence-electron chi connectivity index (χ0n) is 16.9. The van der Waals surface area contributed by atoms with E-state index in [9.17, 15) is 4.79 Å². The van der Waals surface area contributed by atoms with Crippen LogP contribution in [0.1, 0.15) is 36.3 Å². The van der Waals surface area contributed by atoms with Crippen LogP contribution in [0.3, 0.4) is 0 Å². The van der Waals surface area contributed by atoms with Crippen molar-refractivity contribution in [1.82, 2.24) is 15.0 Å². The number of carbonyl (C=O) groups excluding carboxylic acids is 1. The number of fused-ring (bicyclic) bond motifs is 1. The normalized spacial score (nSPS) is 18.7. The number of aryl methyl sites for hydroxylation is 2. The topological polar surface area (TPSA) is 71.0 Å². The molecule has 1 atom stereocenters. The first-order valence-electron chi connectivity index (χ1n) is 10.7. The number of nitrogens with zero attached hydrogens (tertiary/aromatic N) is 4. The van der Waals surface area contributed by atoms with Gasteiger partial charge in [0, 0.05) is 29.6 Å². The van der Waals surface area contributed by atoms with Gasteiger partial charge in [0.15, 0.2) is 5.13 Å². The summed E-state index contributed by atoms with van der Waals surface area (Å²) in [5.74, 6) is 0.893. The van der Waals surface area contributed by atoms with Crippen LogP contribution in [-0.4, -0.2) is 33.9 Å². The van der Waals surface area contributed by atoms with Gasteiger partial charge in [-0.15, -0.1) is 11.3 Å². The second-order valence-electron chi connectivity index (χ2n) is 8.00. The first-order chi connectivity index (χ1) is 14.8. The number of thiazole rings is 1. The number of aromatic nitrogens is 3. The molecule has 30 heavy (non-hydrogen) atoms. The average molecular weight is 420 g/mol. The minimum Gasteiger partial charge on any atom is -0.356 e. The van der Waals surface area contributed by atoms with Gasteiger partial charge in [0.2, 0.25) is 5.91 Å². The standard InChI is InChI=1S/C23H25N5OS/c29-22(27-23-26-18-10-4-5-11-20(18)30-23)17-9-6-12-28(14-17)21-13-19(24-15-25-21)16-7-2-1-3-8-16/h1-3,7-8,13,15,17H,4-6,9-12,14H2,(H,26,27,29). The number of rotatable bonds is 4. The molecule has 1 saturated heterocycles. The maximum atomic E-state index is 12.9. The molecular weight excluding hydrogens is 394 g/mol. The van der Waals surface area contributed by atoms with E-state index in [-0.39, 0.29) is 11.8 Å². The third kappa shape index (κ3) is 4.07. The van der Waals surface area contributed by atoms with Gasteiger partial charge in [-0.3, -0.25) is 4.79 Å². The maximum absolute atomic E-state index is 12.9. The molecule has 1 amide bonds. The van der Waals surface area contributed by atoms with Crippen molar-refractivity contribution in [2.45, 2.75) is 38.5 Å². The van der Waals surface area contributed by atoms with Crippen molar-refractivity contribution in [3.05, 3.63) is 53.3 Å². The number of hydrogen-bond donors (Lipinski definition) is 1. The molecule has 0 bridgehead atoms. The fourth-order valence-electron chi connectivity index (χ4n) is 4.30. The van der Waals surface area contributed by atoms with Gasteiger partial charge in [-0.1, -0.05) is 30.3 Å². The number of carbonyl (C=O) groups is 1. The van der Waals surface area contributed by atoms with Gasteiger partial charge in [-0.05, 0) is 38.5 Å². The minimum absolute atomic E-state index is 0.0604. The lowest BCUT2D eigenvalue weighted by Gasteiger charge is -2.32. The number of amides is 1. The molecule has 0 radical (unpaired) electrons. The van der Waals surface area contributed by atoms with E-state index in [0.717, 1.165) is 54.4 Å². The van der Waals surface area contributed by atoms with E-state index in [2.05, 4.69) is 25.2 Å². The number of nitrogens with one attached hydrogen (secondary N) is 1. The summed E-state index contributed by atoms with van der Waals surface area (Å²) < 4.78 is 0. The highest BCUT2D eigenvalue weighted by molar-refractivity contribution is 7.15. The second-order valence-corrected chi connectivity index (χ2v) is 9.08. The van der Waals surface area contributed by atoms with E-state index in [4.69, 9.17) is 0 Å². The summed E-state index contributed by atoms with van der Waals surface area (Å²) in [6, 6.07) is 12.1. The smallest absolute Gasteiger partial charge is 0.231 e. The Morgan fingerprint density at radius 3 is 2.83 bits per heavy atom. The minimum atomic E-state index is -0.0604. The molecule has 154 valence electrons. The van der Waals surface area contributed by atoms with Crippen LogP contribution in [-0.2, 0) is 17.6 Å². The third-order valence-electron chi connectivity index (χ3n) is 5.91. The summed E-state index contributed by atoms with van der Waals surface area (Å²) in [4.78, 5) is 30.1. The molecule has 1 unspecified atom stereocenters. The van der Waals surface area contributed by atoms with Crippen molar-refractivity contribution in [3.8, 4) is 11.3 Å². The quantitative estimate of drug-likeness (QED) is 0.681. The van der Waals surface area contributed by atoms with E-state index in [1.807, 2.05) is 36.4 Å². The zero-order chi connectivity index (χ0) is 20.3. The molecule has 2 aromatic heterocycles. The van der Waals surface area contributed by atoms with E-state index in [0.29, 0.717) is 6.54 Å². The molecule has 5 rings (SSSR count). The summed E-state index contributed by atoms with van der Waals surface area (Å²) in [7, 11) is 0. The summed E-state index contributed by atoms with van der Waals surface area (Å²) in [6.07, 6.45) is 8.03. The molecular formula is C23H25N5OS. The van der Waals surface area contributed by atoms with Gasteiger partial charge in [0.25, 0.3) is 0 Å². The van der Waals surface area contributed by atoms with Gasteiger partial charge in [0.05, 0.1) is 17.3 Å². The highest BCUT2D eigenvalue weighted by atomic mass is 32.1. The van der Waals surface area contributed by atoms with E-state index in [1.165, 1.54) is 23.4 Å². The number of hydrogen-bond acceptors (Lipinski definition) is 6. The van der Waals surface area contributed by atoms with Crippen LogP contribution >= 0.6 is 11.3 Å². The molecule has 6 nitrogen and oxygen atoms in total. The van der Waals surface area contributed by atoms with Gasteiger partial charge in [-0.2, -0.15) is 0 Å². The van der Waals surface area contributed by atoms with Crippen molar-refractivity contribution in [1.29, 1.82) is 0 Å². The Morgan fingerprint density at radius 1 is 1.10 bits per heavy atom. The lowest BCUT2D eigenvalue weighted by atomic mass is 9.97. The molecule has 3 aromatic rings. The predicted molar refractivity (Wildman–Crippen MR) is 120 cm³/mol. The lowest BCUT2D eigenvalue weighted by Crippen LogP contribution is -2.41. The molecule has 7 heteroatoms.